The van der Waals surface area contributed by atoms with Gasteiger partial charge in [0.1, 0.15) is 0 Å². The number of benzene rings is 2. The van der Waals surface area contributed by atoms with E-state index in [-0.39, 0.29) is 4.90 Å². The van der Waals surface area contributed by atoms with Crippen molar-refractivity contribution in [1.29, 1.82) is 0 Å². The van der Waals surface area contributed by atoms with Gasteiger partial charge in [0, 0.05) is 12.1 Å². The van der Waals surface area contributed by atoms with Gasteiger partial charge in [-0.3, -0.25) is 30.3 Å². The summed E-state index contributed by atoms with van der Waals surface area (Å²) in [5, 5.41) is 52.3. The molecule has 0 unspecified atom stereocenters. The zero-order chi connectivity index (χ0) is 19.6. The van der Waals surface area contributed by atoms with Crippen LogP contribution in [0.4, 0.5) is 17.1 Å². The van der Waals surface area contributed by atoms with Crippen LogP contribution in [0.2, 0.25) is 0 Å². The summed E-state index contributed by atoms with van der Waals surface area (Å²) in [5.41, 5.74) is -4.22. The van der Waals surface area contributed by atoms with Crippen LogP contribution in [0, 0.1) is 30.3 Å². The van der Waals surface area contributed by atoms with Crippen LogP contribution in [0.3, 0.4) is 0 Å². The van der Waals surface area contributed by atoms with Crippen LogP contribution in [0.15, 0.2) is 40.1 Å². The van der Waals surface area contributed by atoms with Crippen LogP contribution in [-0.2, 0) is 0 Å². The van der Waals surface area contributed by atoms with Crippen LogP contribution in [0.25, 0.3) is 0 Å². The van der Waals surface area contributed by atoms with Crippen molar-refractivity contribution in [3.63, 3.8) is 0 Å². The molecular weight excluding hydrogens is 374 g/mol. The van der Waals surface area contributed by atoms with Crippen LogP contribution < -0.4 is 0 Å². The average molecular weight is 381 g/mol. The highest BCUT2D eigenvalue weighted by Gasteiger charge is 2.38. The van der Waals surface area contributed by atoms with Gasteiger partial charge >= 0.3 is 17.3 Å². The van der Waals surface area contributed by atoms with E-state index >= 15 is 0 Å². The van der Waals surface area contributed by atoms with E-state index in [4.69, 9.17) is 5.11 Å². The predicted octanol–water partition coefficient (Wildman–Crippen LogP) is 2.97. The number of hydrogen-bond acceptors (Lipinski definition) is 9. The van der Waals surface area contributed by atoms with Crippen LogP contribution in [0.5, 0.6) is 5.75 Å². The monoisotopic (exact) mass is 381 g/mol. The third kappa shape index (κ3) is 3.36. The Bertz CT molecular complexity index is 960. The number of hydrogen-bond donors (Lipinski definition) is 2. The number of para-hydroxylation sites is 1. The third-order valence-corrected chi connectivity index (χ3v) is 4.17. The summed E-state index contributed by atoms with van der Waals surface area (Å²) in [6.45, 7) is 0. The Kier molecular flexibility index (Phi) is 5.02. The number of nitrogens with zero attached hydrogens (tertiary/aromatic N) is 3. The average Bonchev–Trinajstić information content (AvgIpc) is 2.53. The standard InChI is InChI=1S/C13H7N3O9S/c17-7-5-9(26-8-4-2-1-3-6(8)14(20)21)12(16(24)25)10(13(18)19)11(7)15(22)23/h1-5,17H,(H,18,19). The molecule has 0 aliphatic carbocycles. The Labute approximate surface area is 147 Å². The van der Waals surface area contributed by atoms with Crippen molar-refractivity contribution in [2.45, 2.75) is 9.79 Å². The lowest BCUT2D eigenvalue weighted by Crippen LogP contribution is -2.08. The quantitative estimate of drug-likeness (QED) is 0.556. The zero-order valence-corrected chi connectivity index (χ0v) is 13.2. The largest absolute Gasteiger partial charge is 0.502 e. The molecule has 2 N–H and O–H groups in total. The van der Waals surface area contributed by atoms with Gasteiger partial charge < -0.3 is 10.2 Å². The SMILES string of the molecule is O=C(O)c1c([N+](=O)[O-])c(O)cc(Sc2ccccc2[N+](=O)[O-])c1[N+](=O)[O-]. The van der Waals surface area contributed by atoms with Crippen molar-refractivity contribution in [2.24, 2.45) is 0 Å². The van der Waals surface area contributed by atoms with Gasteiger partial charge in [0.05, 0.1) is 24.6 Å². The van der Waals surface area contributed by atoms with Gasteiger partial charge in [-0.05, 0) is 6.07 Å². The fraction of sp³-hybridized carbons (Fsp3) is 0. The topological polar surface area (TPSA) is 187 Å². The molecule has 0 aromatic heterocycles. The van der Waals surface area contributed by atoms with Gasteiger partial charge in [-0.2, -0.15) is 0 Å². The first-order valence-electron chi connectivity index (χ1n) is 6.48. The van der Waals surface area contributed by atoms with E-state index in [0.717, 1.165) is 6.07 Å². The molecule has 2 rings (SSSR count). The summed E-state index contributed by atoms with van der Waals surface area (Å²) in [4.78, 5) is 41.0. The molecule has 0 radical (unpaired) electrons. The summed E-state index contributed by atoms with van der Waals surface area (Å²) >= 11 is 0.434. The van der Waals surface area contributed by atoms with Crippen LogP contribution in [-0.4, -0.2) is 31.0 Å². The number of nitro benzene ring substituents is 3. The summed E-state index contributed by atoms with van der Waals surface area (Å²) in [6.07, 6.45) is 0. The molecular formula is C13H7N3O9S. The summed E-state index contributed by atoms with van der Waals surface area (Å²) in [6, 6.07) is 5.77. The highest BCUT2D eigenvalue weighted by atomic mass is 32.2. The lowest BCUT2D eigenvalue weighted by atomic mass is 10.1. The first kappa shape index (κ1) is 18.6. The molecule has 134 valence electrons. The molecule has 0 atom stereocenters. The highest BCUT2D eigenvalue weighted by Crippen LogP contribution is 2.46. The second kappa shape index (κ2) is 7.02. The minimum atomic E-state index is -2.00. The second-order valence-corrected chi connectivity index (χ2v) is 5.70. The second-order valence-electron chi connectivity index (χ2n) is 4.61. The summed E-state index contributed by atoms with van der Waals surface area (Å²) in [7, 11) is 0. The molecule has 0 saturated carbocycles. The van der Waals surface area contributed by atoms with Crippen molar-refractivity contribution in [2.75, 3.05) is 0 Å². The van der Waals surface area contributed by atoms with Crippen LogP contribution >= 0.6 is 11.8 Å². The third-order valence-electron chi connectivity index (χ3n) is 3.08. The number of carbonyl (C=O) groups is 1. The number of phenols is 1. The van der Waals surface area contributed by atoms with Crippen molar-refractivity contribution in [3.8, 4) is 5.75 Å². The molecule has 13 heteroatoms. The van der Waals surface area contributed by atoms with Gasteiger partial charge in [0.25, 0.3) is 5.69 Å². The van der Waals surface area contributed by atoms with Crippen molar-refractivity contribution in [1.82, 2.24) is 0 Å². The molecule has 0 aliphatic rings. The molecule has 0 saturated heterocycles. The van der Waals surface area contributed by atoms with E-state index in [2.05, 4.69) is 0 Å². The lowest BCUT2D eigenvalue weighted by molar-refractivity contribution is -0.397. The fourth-order valence-electron chi connectivity index (χ4n) is 2.08. The van der Waals surface area contributed by atoms with E-state index in [0.29, 0.717) is 17.8 Å². The lowest BCUT2D eigenvalue weighted by Gasteiger charge is -2.08. The van der Waals surface area contributed by atoms with Gasteiger partial charge in [-0.15, -0.1) is 0 Å². The highest BCUT2D eigenvalue weighted by molar-refractivity contribution is 7.99. The summed E-state index contributed by atoms with van der Waals surface area (Å²) < 4.78 is 0. The fourth-order valence-corrected chi connectivity index (χ4v) is 3.16. The molecule has 0 heterocycles. The Morgan fingerprint density at radius 1 is 0.923 bits per heavy atom. The van der Waals surface area contributed by atoms with Crippen molar-refractivity contribution in [3.05, 3.63) is 66.2 Å². The van der Waals surface area contributed by atoms with Crippen molar-refractivity contribution < 1.29 is 29.8 Å². The molecule has 0 spiro atoms. The molecule has 0 fully saturated rings. The van der Waals surface area contributed by atoms with E-state index in [1.807, 2.05) is 0 Å². The number of rotatable bonds is 6. The number of aromatic hydroxyl groups is 1. The maximum atomic E-state index is 11.3. The van der Waals surface area contributed by atoms with Gasteiger partial charge in [-0.25, -0.2) is 4.79 Å². The molecule has 12 nitrogen and oxygen atoms in total. The van der Waals surface area contributed by atoms with E-state index < -0.39 is 54.0 Å². The number of carboxylic acid groups (broad SMARTS) is 1. The molecule has 0 aliphatic heterocycles. The minimum absolute atomic E-state index is 0.0785. The Morgan fingerprint density at radius 3 is 2.00 bits per heavy atom. The van der Waals surface area contributed by atoms with E-state index in [9.17, 15) is 40.2 Å². The number of phenolic OH excluding ortho intramolecular Hbond substituents is 1. The minimum Gasteiger partial charge on any atom is -0.502 e. The Hall–Kier alpha value is -3.74. The zero-order valence-electron chi connectivity index (χ0n) is 12.4. The normalized spacial score (nSPS) is 10.3. The Balaban J connectivity index is 2.79. The van der Waals surface area contributed by atoms with Gasteiger partial charge in [-0.1, -0.05) is 23.9 Å². The van der Waals surface area contributed by atoms with Crippen LogP contribution in [0.1, 0.15) is 10.4 Å². The maximum Gasteiger partial charge on any atom is 0.350 e. The smallest absolute Gasteiger partial charge is 0.350 e. The van der Waals surface area contributed by atoms with Gasteiger partial charge in [0.15, 0.2) is 5.75 Å². The number of aromatic carboxylic acids is 1. The Morgan fingerprint density at radius 2 is 1.50 bits per heavy atom. The summed E-state index contributed by atoms with van der Waals surface area (Å²) in [5.74, 6) is -3.11. The molecule has 2 aromatic carbocycles. The molecule has 0 amide bonds. The number of nitro groups is 3. The molecule has 2 aromatic rings. The molecule has 26 heavy (non-hydrogen) atoms. The van der Waals surface area contributed by atoms with E-state index in [1.54, 1.807) is 0 Å². The number of carboxylic acids is 1. The molecule has 0 bridgehead atoms. The van der Waals surface area contributed by atoms with E-state index in [1.165, 1.54) is 18.2 Å². The van der Waals surface area contributed by atoms with Gasteiger partial charge in [0.2, 0.25) is 5.56 Å². The first-order valence-corrected chi connectivity index (χ1v) is 7.30. The first-order chi connectivity index (χ1) is 12.1. The van der Waals surface area contributed by atoms with Crippen molar-refractivity contribution >= 4 is 34.8 Å². The predicted molar refractivity (Wildman–Crippen MR) is 85.6 cm³/mol. The maximum absolute atomic E-state index is 11.3.